The second kappa shape index (κ2) is 5.29. The van der Waals surface area contributed by atoms with E-state index in [0.717, 1.165) is 5.69 Å². The van der Waals surface area contributed by atoms with E-state index in [4.69, 9.17) is 5.11 Å². The van der Waals surface area contributed by atoms with Crippen LogP contribution in [0.3, 0.4) is 0 Å². The molecule has 3 nitrogen and oxygen atoms in total. The fourth-order valence-electron chi connectivity index (χ4n) is 0.594. The number of aryl methyl sites for hydroxylation is 1. The maximum atomic E-state index is 10.3. The summed E-state index contributed by atoms with van der Waals surface area (Å²) in [4.78, 5) is 14.1. The number of nitrogens with zero attached hydrogens (tertiary/aromatic N) is 1. The molecular formula is C9H13NO2. The average molecular weight is 167 g/mol. The van der Waals surface area contributed by atoms with Crippen LogP contribution in [0.15, 0.2) is 18.3 Å². The molecule has 0 aliphatic heterocycles. The Morgan fingerprint density at radius 3 is 2.33 bits per heavy atom. The number of carboxylic acid groups (broad SMARTS) is 1. The van der Waals surface area contributed by atoms with Crippen LogP contribution in [0.25, 0.3) is 0 Å². The fourth-order valence-corrected chi connectivity index (χ4v) is 0.594. The largest absolute Gasteiger partial charge is 0.478 e. The highest BCUT2D eigenvalue weighted by atomic mass is 16.4. The molecule has 0 aliphatic carbocycles. The van der Waals surface area contributed by atoms with E-state index < -0.39 is 5.97 Å². The monoisotopic (exact) mass is 167 g/mol. The third kappa shape index (κ3) is 3.14. The summed E-state index contributed by atoms with van der Waals surface area (Å²) in [6.45, 7) is 5.81. The first kappa shape index (κ1) is 10.6. The number of pyridine rings is 1. The molecule has 0 unspecified atom stereocenters. The van der Waals surface area contributed by atoms with Gasteiger partial charge < -0.3 is 5.11 Å². The molecule has 0 fully saturated rings. The number of hydrogen-bond acceptors (Lipinski definition) is 2. The van der Waals surface area contributed by atoms with Crippen molar-refractivity contribution < 1.29 is 9.90 Å². The topological polar surface area (TPSA) is 50.2 Å². The maximum Gasteiger partial charge on any atom is 0.337 e. The Hall–Kier alpha value is -1.38. The second-order valence-corrected chi connectivity index (χ2v) is 1.99. The summed E-state index contributed by atoms with van der Waals surface area (Å²) in [7, 11) is 0. The van der Waals surface area contributed by atoms with Gasteiger partial charge in [0.1, 0.15) is 0 Å². The molecule has 0 radical (unpaired) electrons. The molecule has 0 amide bonds. The second-order valence-electron chi connectivity index (χ2n) is 1.99. The molecule has 0 saturated heterocycles. The molecular weight excluding hydrogens is 154 g/mol. The Morgan fingerprint density at radius 1 is 1.42 bits per heavy atom. The summed E-state index contributed by atoms with van der Waals surface area (Å²) in [5.74, 6) is -0.937. The van der Waals surface area contributed by atoms with E-state index in [-0.39, 0.29) is 5.56 Å². The van der Waals surface area contributed by atoms with E-state index in [0.29, 0.717) is 0 Å². The SMILES string of the molecule is CC.Cc1ccc(C(=O)O)cn1. The number of aromatic carboxylic acids is 1. The molecule has 0 saturated carbocycles. The molecule has 0 spiro atoms. The average Bonchev–Trinajstić information content (AvgIpc) is 2.09. The molecule has 0 aromatic carbocycles. The number of hydrogen-bond donors (Lipinski definition) is 1. The first-order valence-corrected chi connectivity index (χ1v) is 3.86. The predicted octanol–water partition coefficient (Wildman–Crippen LogP) is 2.11. The van der Waals surface area contributed by atoms with Gasteiger partial charge in [-0.25, -0.2) is 4.79 Å². The zero-order valence-corrected chi connectivity index (χ0v) is 7.53. The minimum Gasteiger partial charge on any atom is -0.478 e. The summed E-state index contributed by atoms with van der Waals surface area (Å²) in [5, 5.41) is 8.44. The van der Waals surface area contributed by atoms with Crippen molar-refractivity contribution in [3.63, 3.8) is 0 Å². The van der Waals surface area contributed by atoms with Gasteiger partial charge in [-0.2, -0.15) is 0 Å². The zero-order valence-electron chi connectivity index (χ0n) is 7.53. The maximum absolute atomic E-state index is 10.3. The molecule has 12 heavy (non-hydrogen) atoms. The number of carboxylic acids is 1. The number of rotatable bonds is 1. The third-order valence-electron chi connectivity index (χ3n) is 1.16. The van der Waals surface area contributed by atoms with E-state index in [1.165, 1.54) is 12.3 Å². The fraction of sp³-hybridized carbons (Fsp3) is 0.333. The molecule has 0 aliphatic rings. The van der Waals surface area contributed by atoms with Crippen LogP contribution in [0.5, 0.6) is 0 Å². The van der Waals surface area contributed by atoms with Crippen LogP contribution >= 0.6 is 0 Å². The van der Waals surface area contributed by atoms with Crippen LogP contribution in [0.1, 0.15) is 29.9 Å². The molecule has 1 aromatic rings. The summed E-state index contributed by atoms with van der Waals surface area (Å²) in [5.41, 5.74) is 1.05. The quantitative estimate of drug-likeness (QED) is 0.696. The van der Waals surface area contributed by atoms with Gasteiger partial charge in [-0.15, -0.1) is 0 Å². The molecule has 1 rings (SSSR count). The Bertz CT molecular complexity index is 241. The van der Waals surface area contributed by atoms with Crippen molar-refractivity contribution in [1.29, 1.82) is 0 Å². The highest BCUT2D eigenvalue weighted by Crippen LogP contribution is 1.97. The molecule has 1 heterocycles. The van der Waals surface area contributed by atoms with Crippen molar-refractivity contribution in [3.8, 4) is 0 Å². The molecule has 1 N–H and O–H groups in total. The Kier molecular flexibility index (Phi) is 4.69. The van der Waals surface area contributed by atoms with E-state index >= 15 is 0 Å². The third-order valence-corrected chi connectivity index (χ3v) is 1.16. The van der Waals surface area contributed by atoms with Crippen molar-refractivity contribution in [2.24, 2.45) is 0 Å². The first-order valence-electron chi connectivity index (χ1n) is 3.86. The van der Waals surface area contributed by atoms with Crippen LogP contribution in [0.4, 0.5) is 0 Å². The van der Waals surface area contributed by atoms with Crippen LogP contribution in [-0.2, 0) is 0 Å². The molecule has 3 heteroatoms. The van der Waals surface area contributed by atoms with Crippen LogP contribution in [0.2, 0.25) is 0 Å². The van der Waals surface area contributed by atoms with Gasteiger partial charge in [0.15, 0.2) is 0 Å². The number of aromatic nitrogens is 1. The molecule has 0 atom stereocenters. The predicted molar refractivity (Wildman–Crippen MR) is 47.3 cm³/mol. The van der Waals surface area contributed by atoms with Crippen molar-refractivity contribution in [2.45, 2.75) is 20.8 Å². The highest BCUT2D eigenvalue weighted by Gasteiger charge is 1.99. The van der Waals surface area contributed by atoms with Crippen molar-refractivity contribution in [3.05, 3.63) is 29.6 Å². The van der Waals surface area contributed by atoms with E-state index in [9.17, 15) is 4.79 Å². The van der Waals surface area contributed by atoms with Gasteiger partial charge in [0.25, 0.3) is 0 Å². The van der Waals surface area contributed by atoms with Crippen molar-refractivity contribution in [2.75, 3.05) is 0 Å². The van der Waals surface area contributed by atoms with Gasteiger partial charge >= 0.3 is 5.97 Å². The normalized spacial score (nSPS) is 8.25. The van der Waals surface area contributed by atoms with E-state index in [2.05, 4.69) is 4.98 Å². The van der Waals surface area contributed by atoms with Crippen LogP contribution < -0.4 is 0 Å². The Morgan fingerprint density at radius 2 is 2.00 bits per heavy atom. The summed E-state index contributed by atoms with van der Waals surface area (Å²) in [6.07, 6.45) is 1.34. The van der Waals surface area contributed by atoms with Gasteiger partial charge in [0.05, 0.1) is 5.56 Å². The minimum atomic E-state index is -0.937. The highest BCUT2D eigenvalue weighted by molar-refractivity contribution is 5.87. The summed E-state index contributed by atoms with van der Waals surface area (Å²) >= 11 is 0. The van der Waals surface area contributed by atoms with Gasteiger partial charge in [0, 0.05) is 11.9 Å². The van der Waals surface area contributed by atoms with Gasteiger partial charge in [-0.1, -0.05) is 13.8 Å². The van der Waals surface area contributed by atoms with Gasteiger partial charge in [-0.05, 0) is 19.1 Å². The van der Waals surface area contributed by atoms with Gasteiger partial charge in [0.2, 0.25) is 0 Å². The lowest BCUT2D eigenvalue weighted by molar-refractivity contribution is 0.0696. The first-order chi connectivity index (χ1) is 5.70. The molecule has 1 aromatic heterocycles. The molecule has 0 bridgehead atoms. The van der Waals surface area contributed by atoms with E-state index in [1.54, 1.807) is 6.07 Å². The lowest BCUT2D eigenvalue weighted by Crippen LogP contribution is -1.96. The van der Waals surface area contributed by atoms with Gasteiger partial charge in [-0.3, -0.25) is 4.98 Å². The summed E-state index contributed by atoms with van der Waals surface area (Å²) in [6, 6.07) is 3.20. The Labute approximate surface area is 72.1 Å². The zero-order chi connectivity index (χ0) is 9.56. The van der Waals surface area contributed by atoms with Crippen molar-refractivity contribution in [1.82, 2.24) is 4.98 Å². The standard InChI is InChI=1S/C7H7NO2.C2H6/c1-5-2-3-6(4-8-5)7(9)10;1-2/h2-4H,1H3,(H,9,10);1-2H3. The van der Waals surface area contributed by atoms with Crippen molar-refractivity contribution >= 4 is 5.97 Å². The minimum absolute atomic E-state index is 0.227. The molecule has 66 valence electrons. The smallest absolute Gasteiger partial charge is 0.337 e. The van der Waals surface area contributed by atoms with Crippen LogP contribution in [-0.4, -0.2) is 16.1 Å². The summed E-state index contributed by atoms with van der Waals surface area (Å²) < 4.78 is 0. The number of carbonyl (C=O) groups is 1. The Balaban J connectivity index is 0.000000561. The lowest BCUT2D eigenvalue weighted by Gasteiger charge is -1.92. The lowest BCUT2D eigenvalue weighted by atomic mass is 10.3. The van der Waals surface area contributed by atoms with E-state index in [1.807, 2.05) is 20.8 Å². The van der Waals surface area contributed by atoms with Crippen LogP contribution in [0, 0.1) is 6.92 Å².